The van der Waals surface area contributed by atoms with Gasteiger partial charge in [0.05, 0.1) is 11.4 Å². The molecule has 0 spiro atoms. The second kappa shape index (κ2) is 4.34. The number of aldehydes is 1. The second-order valence-corrected chi connectivity index (χ2v) is 4.52. The first-order valence-corrected chi connectivity index (χ1v) is 5.55. The van der Waals surface area contributed by atoms with Crippen molar-refractivity contribution in [3.8, 4) is 0 Å². The number of carbonyl (C=O) groups excluding carboxylic acids is 1. The fourth-order valence-electron chi connectivity index (χ4n) is 1.08. The van der Waals surface area contributed by atoms with E-state index in [1.54, 1.807) is 25.1 Å². The van der Waals surface area contributed by atoms with Gasteiger partial charge in [-0.25, -0.2) is 13.1 Å². The van der Waals surface area contributed by atoms with E-state index < -0.39 is 10.0 Å². The highest BCUT2D eigenvalue weighted by molar-refractivity contribution is 7.89. The lowest BCUT2D eigenvalue weighted by atomic mass is 10.2. The molecule has 0 heterocycles. The van der Waals surface area contributed by atoms with Crippen LogP contribution in [-0.2, 0) is 14.8 Å². The van der Waals surface area contributed by atoms with Crippen LogP contribution in [0.25, 0.3) is 0 Å². The number of sulfonamides is 1. The SMILES string of the molecule is Cc1ccccc1S(=O)(=O)NCC=O. The Balaban J connectivity index is 3.04. The van der Waals surface area contributed by atoms with Crippen molar-refractivity contribution >= 4 is 16.3 Å². The van der Waals surface area contributed by atoms with Gasteiger partial charge in [-0.3, -0.25) is 0 Å². The number of hydrogen-bond donors (Lipinski definition) is 1. The normalized spacial score (nSPS) is 11.2. The molecule has 1 aromatic carbocycles. The standard InChI is InChI=1S/C9H11NO3S/c1-8-4-2-3-5-9(8)14(12,13)10-6-7-11/h2-5,7,10H,6H2,1H3. The summed E-state index contributed by atoms with van der Waals surface area (Å²) in [6.45, 7) is 1.51. The minimum atomic E-state index is -3.53. The van der Waals surface area contributed by atoms with Crippen molar-refractivity contribution in [3.05, 3.63) is 29.8 Å². The summed E-state index contributed by atoms with van der Waals surface area (Å²) in [5.41, 5.74) is 0.658. The Morgan fingerprint density at radius 1 is 1.36 bits per heavy atom. The van der Waals surface area contributed by atoms with E-state index in [4.69, 9.17) is 0 Å². The molecule has 1 rings (SSSR count). The van der Waals surface area contributed by atoms with Crippen LogP contribution in [0, 0.1) is 6.92 Å². The molecule has 4 nitrogen and oxygen atoms in total. The predicted molar refractivity (Wildman–Crippen MR) is 52.4 cm³/mol. The molecule has 5 heteroatoms. The van der Waals surface area contributed by atoms with Gasteiger partial charge < -0.3 is 4.79 Å². The van der Waals surface area contributed by atoms with Crippen LogP contribution in [0.3, 0.4) is 0 Å². The highest BCUT2D eigenvalue weighted by atomic mass is 32.2. The van der Waals surface area contributed by atoms with Crippen molar-refractivity contribution in [2.24, 2.45) is 0 Å². The van der Waals surface area contributed by atoms with Crippen molar-refractivity contribution in [3.63, 3.8) is 0 Å². The van der Waals surface area contributed by atoms with Gasteiger partial charge in [0.25, 0.3) is 0 Å². The third-order valence-corrected chi connectivity index (χ3v) is 3.32. The van der Waals surface area contributed by atoms with E-state index in [9.17, 15) is 13.2 Å². The van der Waals surface area contributed by atoms with Gasteiger partial charge in [0, 0.05) is 0 Å². The van der Waals surface area contributed by atoms with Gasteiger partial charge in [-0.05, 0) is 18.6 Å². The molecule has 0 aliphatic rings. The molecule has 0 aliphatic carbocycles. The molecule has 0 unspecified atom stereocenters. The smallest absolute Gasteiger partial charge is 0.241 e. The van der Waals surface area contributed by atoms with Crippen LogP contribution in [0.2, 0.25) is 0 Å². The Hall–Kier alpha value is -1.20. The zero-order chi connectivity index (χ0) is 10.6. The molecule has 0 atom stereocenters. The molecule has 0 saturated carbocycles. The predicted octanol–water partition coefficient (Wildman–Crippen LogP) is 0.472. The van der Waals surface area contributed by atoms with Crippen LogP contribution >= 0.6 is 0 Å². The zero-order valence-corrected chi connectivity index (χ0v) is 8.54. The average molecular weight is 213 g/mol. The molecule has 76 valence electrons. The Bertz CT molecular complexity index is 425. The monoisotopic (exact) mass is 213 g/mol. The van der Waals surface area contributed by atoms with E-state index in [0.717, 1.165) is 0 Å². The van der Waals surface area contributed by atoms with Gasteiger partial charge in [0.1, 0.15) is 6.29 Å². The first-order valence-electron chi connectivity index (χ1n) is 4.07. The summed E-state index contributed by atoms with van der Waals surface area (Å²) in [5, 5.41) is 0. The molecule has 14 heavy (non-hydrogen) atoms. The molecule has 0 aromatic heterocycles. The van der Waals surface area contributed by atoms with Gasteiger partial charge in [-0.15, -0.1) is 0 Å². The first-order chi connectivity index (χ1) is 6.58. The lowest BCUT2D eigenvalue weighted by Gasteiger charge is -2.06. The fourth-order valence-corrected chi connectivity index (χ4v) is 2.27. The van der Waals surface area contributed by atoms with E-state index in [-0.39, 0.29) is 11.4 Å². The second-order valence-electron chi connectivity index (χ2n) is 2.78. The number of aryl methyl sites for hydroxylation is 1. The third-order valence-electron chi connectivity index (χ3n) is 1.74. The van der Waals surface area contributed by atoms with Crippen molar-refractivity contribution in [1.29, 1.82) is 0 Å². The molecular formula is C9H11NO3S. The summed E-state index contributed by atoms with van der Waals surface area (Å²) < 4.78 is 25.3. The molecule has 0 fully saturated rings. The van der Waals surface area contributed by atoms with Gasteiger partial charge in [0.2, 0.25) is 10.0 Å². The summed E-state index contributed by atoms with van der Waals surface area (Å²) >= 11 is 0. The van der Waals surface area contributed by atoms with Crippen molar-refractivity contribution in [2.45, 2.75) is 11.8 Å². The molecule has 1 aromatic rings. The number of benzene rings is 1. The number of nitrogens with one attached hydrogen (secondary N) is 1. The van der Waals surface area contributed by atoms with E-state index in [1.165, 1.54) is 6.07 Å². The highest BCUT2D eigenvalue weighted by Crippen LogP contribution is 2.12. The fraction of sp³-hybridized carbons (Fsp3) is 0.222. The largest absolute Gasteiger partial charge is 0.302 e. The summed E-state index contributed by atoms with van der Waals surface area (Å²) in [7, 11) is -3.53. The number of carbonyl (C=O) groups is 1. The van der Waals surface area contributed by atoms with Crippen molar-refractivity contribution < 1.29 is 13.2 Å². The molecule has 0 saturated heterocycles. The quantitative estimate of drug-likeness (QED) is 0.739. The van der Waals surface area contributed by atoms with Crippen LogP contribution < -0.4 is 4.72 Å². The summed E-state index contributed by atoms with van der Waals surface area (Å²) in [6.07, 6.45) is 0.510. The molecule has 0 bridgehead atoms. The van der Waals surface area contributed by atoms with Crippen molar-refractivity contribution in [1.82, 2.24) is 4.72 Å². The zero-order valence-electron chi connectivity index (χ0n) is 7.73. The molecule has 0 radical (unpaired) electrons. The highest BCUT2D eigenvalue weighted by Gasteiger charge is 2.14. The van der Waals surface area contributed by atoms with Gasteiger partial charge in [0.15, 0.2) is 0 Å². The van der Waals surface area contributed by atoms with Gasteiger partial charge in [-0.1, -0.05) is 18.2 Å². The lowest BCUT2D eigenvalue weighted by Crippen LogP contribution is -2.26. The van der Waals surface area contributed by atoms with Gasteiger partial charge >= 0.3 is 0 Å². The van der Waals surface area contributed by atoms with Crippen LogP contribution in [0.4, 0.5) is 0 Å². The third kappa shape index (κ3) is 2.40. The molecule has 0 aliphatic heterocycles. The number of rotatable bonds is 4. The maximum atomic E-state index is 11.5. The summed E-state index contributed by atoms with van der Waals surface area (Å²) in [5.74, 6) is 0. The Labute approximate surface area is 83.0 Å². The summed E-state index contributed by atoms with van der Waals surface area (Å²) in [4.78, 5) is 10.3. The van der Waals surface area contributed by atoms with E-state index >= 15 is 0 Å². The van der Waals surface area contributed by atoms with Gasteiger partial charge in [-0.2, -0.15) is 0 Å². The maximum Gasteiger partial charge on any atom is 0.241 e. The lowest BCUT2D eigenvalue weighted by molar-refractivity contribution is -0.106. The van der Waals surface area contributed by atoms with E-state index in [0.29, 0.717) is 11.8 Å². The minimum absolute atomic E-state index is 0.198. The topological polar surface area (TPSA) is 63.2 Å². The number of hydrogen-bond acceptors (Lipinski definition) is 3. The van der Waals surface area contributed by atoms with Crippen LogP contribution in [0.15, 0.2) is 29.2 Å². The van der Waals surface area contributed by atoms with E-state index in [1.807, 2.05) is 0 Å². The first kappa shape index (κ1) is 10.9. The van der Waals surface area contributed by atoms with E-state index in [2.05, 4.69) is 4.72 Å². The van der Waals surface area contributed by atoms with Crippen molar-refractivity contribution in [2.75, 3.05) is 6.54 Å². The van der Waals surface area contributed by atoms with Crippen LogP contribution in [0.5, 0.6) is 0 Å². The minimum Gasteiger partial charge on any atom is -0.302 e. The Morgan fingerprint density at radius 2 is 2.00 bits per heavy atom. The van der Waals surface area contributed by atoms with Crippen LogP contribution in [-0.4, -0.2) is 21.2 Å². The Kier molecular flexibility index (Phi) is 3.38. The summed E-state index contributed by atoms with van der Waals surface area (Å²) in [6, 6.07) is 6.61. The maximum absolute atomic E-state index is 11.5. The molecular weight excluding hydrogens is 202 g/mol. The Morgan fingerprint density at radius 3 is 2.57 bits per heavy atom. The molecule has 1 N–H and O–H groups in total. The van der Waals surface area contributed by atoms with Crippen LogP contribution in [0.1, 0.15) is 5.56 Å². The average Bonchev–Trinajstić information content (AvgIpc) is 2.15. The molecule has 0 amide bonds.